The molecule has 0 aliphatic heterocycles. The van der Waals surface area contributed by atoms with Crippen molar-refractivity contribution in [1.82, 2.24) is 19.5 Å². The molecular formula is C11H14ClN5O2. The Kier molecular flexibility index (Phi) is 2.84. The van der Waals surface area contributed by atoms with Gasteiger partial charge in [0.25, 0.3) is 0 Å². The molecule has 1 aliphatic rings. The van der Waals surface area contributed by atoms with Crippen LogP contribution in [0.1, 0.15) is 6.42 Å². The van der Waals surface area contributed by atoms with Crippen LogP contribution in [-0.4, -0.2) is 42.9 Å². The van der Waals surface area contributed by atoms with E-state index >= 15 is 0 Å². The van der Waals surface area contributed by atoms with Crippen molar-refractivity contribution >= 4 is 28.7 Å². The summed E-state index contributed by atoms with van der Waals surface area (Å²) in [6, 6.07) is 0. The summed E-state index contributed by atoms with van der Waals surface area (Å²) >= 11 is 6.07. The first-order valence-electron chi connectivity index (χ1n) is 5.95. The van der Waals surface area contributed by atoms with Crippen LogP contribution in [0.4, 0.5) is 5.95 Å². The number of hydrogen-bond donors (Lipinski definition) is 3. The zero-order chi connectivity index (χ0) is 13.6. The maximum Gasteiger partial charge on any atom is 0.223 e. The monoisotopic (exact) mass is 283 g/mol. The Balaban J connectivity index is 1.98. The number of aromatic nitrogens is 4. The zero-order valence-electron chi connectivity index (χ0n) is 10.1. The molecule has 102 valence electrons. The van der Waals surface area contributed by atoms with Crippen LogP contribution < -0.4 is 5.73 Å². The number of nitrogens with two attached hydrogens (primary N) is 1. The van der Waals surface area contributed by atoms with E-state index in [4.69, 9.17) is 17.3 Å². The highest BCUT2D eigenvalue weighted by atomic mass is 35.5. The van der Waals surface area contributed by atoms with Gasteiger partial charge in [0, 0.05) is 18.6 Å². The number of rotatable bonds is 4. The summed E-state index contributed by atoms with van der Waals surface area (Å²) in [5, 5.41) is 19.0. The first-order chi connectivity index (χ1) is 9.09. The van der Waals surface area contributed by atoms with Crippen LogP contribution >= 0.6 is 11.6 Å². The van der Waals surface area contributed by atoms with E-state index < -0.39 is 0 Å². The number of aliphatic hydroxyl groups excluding tert-OH is 2. The van der Waals surface area contributed by atoms with Crippen LogP contribution in [-0.2, 0) is 6.54 Å². The Labute approximate surface area is 114 Å². The largest absolute Gasteiger partial charge is 0.396 e. The van der Waals surface area contributed by atoms with Gasteiger partial charge in [-0.25, -0.2) is 4.98 Å². The fourth-order valence-corrected chi connectivity index (χ4v) is 2.82. The summed E-state index contributed by atoms with van der Waals surface area (Å²) in [6.45, 7) is 0.619. The van der Waals surface area contributed by atoms with Crippen molar-refractivity contribution in [3.63, 3.8) is 0 Å². The van der Waals surface area contributed by atoms with Crippen molar-refractivity contribution in [3.05, 3.63) is 11.5 Å². The standard InChI is InChI=1S/C11H14ClN5O2/c12-8-7-9(16-10(13)15-8)14-5-17(7)3-11(4-19)1-6(11)2-18/h5-6,18-19H,1-4H2,(H2,13,15,16)/t6-,11+/m0/s1. The molecule has 0 amide bonds. The molecule has 2 atom stereocenters. The third-order valence-electron chi connectivity index (χ3n) is 3.83. The number of imidazole rings is 1. The number of aliphatic hydroxyl groups is 2. The first kappa shape index (κ1) is 12.6. The number of halogens is 1. The molecule has 8 heteroatoms. The maximum atomic E-state index is 9.51. The van der Waals surface area contributed by atoms with Gasteiger partial charge in [0.1, 0.15) is 5.52 Å². The molecule has 0 aromatic carbocycles. The molecule has 19 heavy (non-hydrogen) atoms. The molecule has 1 aliphatic carbocycles. The van der Waals surface area contributed by atoms with E-state index in [1.165, 1.54) is 0 Å². The van der Waals surface area contributed by atoms with E-state index in [1.54, 1.807) is 6.33 Å². The number of fused-ring (bicyclic) bond motifs is 1. The minimum atomic E-state index is -0.299. The van der Waals surface area contributed by atoms with E-state index in [0.29, 0.717) is 17.7 Å². The van der Waals surface area contributed by atoms with Gasteiger partial charge < -0.3 is 20.5 Å². The van der Waals surface area contributed by atoms with Crippen molar-refractivity contribution in [2.75, 3.05) is 18.9 Å². The van der Waals surface area contributed by atoms with Crippen LogP contribution in [0.5, 0.6) is 0 Å². The lowest BCUT2D eigenvalue weighted by Crippen LogP contribution is -2.19. The number of anilines is 1. The third kappa shape index (κ3) is 1.94. The summed E-state index contributed by atoms with van der Waals surface area (Å²) in [4.78, 5) is 12.1. The maximum absolute atomic E-state index is 9.51. The molecule has 2 heterocycles. The molecular weight excluding hydrogens is 270 g/mol. The summed E-state index contributed by atoms with van der Waals surface area (Å²) < 4.78 is 1.81. The highest BCUT2D eigenvalue weighted by Gasteiger charge is 2.53. The summed E-state index contributed by atoms with van der Waals surface area (Å²) in [5.74, 6) is 0.197. The van der Waals surface area contributed by atoms with Gasteiger partial charge in [0.2, 0.25) is 5.95 Å². The average Bonchev–Trinajstić information content (AvgIpc) is 2.94. The summed E-state index contributed by atoms with van der Waals surface area (Å²) in [5.41, 5.74) is 6.26. The Morgan fingerprint density at radius 3 is 2.89 bits per heavy atom. The third-order valence-corrected chi connectivity index (χ3v) is 4.09. The van der Waals surface area contributed by atoms with Gasteiger partial charge in [0.05, 0.1) is 12.9 Å². The predicted octanol–water partition coefficient (Wildman–Crippen LogP) is 0.0528. The van der Waals surface area contributed by atoms with Crippen molar-refractivity contribution in [1.29, 1.82) is 0 Å². The molecule has 0 radical (unpaired) electrons. The second-order valence-electron chi connectivity index (χ2n) is 5.02. The quantitative estimate of drug-likeness (QED) is 0.684. The summed E-state index contributed by atoms with van der Waals surface area (Å²) in [7, 11) is 0. The molecule has 0 spiro atoms. The molecule has 4 N–H and O–H groups in total. The molecule has 2 aromatic rings. The van der Waals surface area contributed by atoms with Gasteiger partial charge in [0.15, 0.2) is 10.8 Å². The van der Waals surface area contributed by atoms with Crippen molar-refractivity contribution in [2.45, 2.75) is 13.0 Å². The zero-order valence-corrected chi connectivity index (χ0v) is 10.9. The summed E-state index contributed by atoms with van der Waals surface area (Å²) in [6.07, 6.45) is 2.39. The molecule has 0 bridgehead atoms. The minimum absolute atomic E-state index is 0.0192. The number of nitrogens with zero attached hydrogens (tertiary/aromatic N) is 4. The Bertz CT molecular complexity index is 631. The van der Waals surface area contributed by atoms with E-state index in [1.807, 2.05) is 4.57 Å². The lowest BCUT2D eigenvalue weighted by molar-refractivity contribution is 0.159. The molecule has 7 nitrogen and oxygen atoms in total. The molecule has 3 rings (SSSR count). The molecule has 0 saturated heterocycles. The average molecular weight is 284 g/mol. The lowest BCUT2D eigenvalue weighted by Gasteiger charge is -2.15. The fraction of sp³-hybridized carbons (Fsp3) is 0.545. The van der Waals surface area contributed by atoms with Crippen LogP contribution in [0.15, 0.2) is 6.33 Å². The van der Waals surface area contributed by atoms with Crippen LogP contribution in [0, 0.1) is 11.3 Å². The number of nitrogen functional groups attached to an aromatic ring is 1. The van der Waals surface area contributed by atoms with Crippen LogP contribution in [0.25, 0.3) is 11.2 Å². The lowest BCUT2D eigenvalue weighted by atomic mass is 10.1. The molecule has 0 unspecified atom stereocenters. The molecule has 2 aromatic heterocycles. The normalized spacial score (nSPS) is 25.9. The van der Waals surface area contributed by atoms with Gasteiger partial charge in [-0.15, -0.1) is 0 Å². The first-order valence-corrected chi connectivity index (χ1v) is 6.33. The van der Waals surface area contributed by atoms with E-state index in [-0.39, 0.29) is 35.6 Å². The van der Waals surface area contributed by atoms with Crippen LogP contribution in [0.2, 0.25) is 5.15 Å². The van der Waals surface area contributed by atoms with E-state index in [9.17, 15) is 10.2 Å². The Hall–Kier alpha value is -1.44. The van der Waals surface area contributed by atoms with E-state index in [2.05, 4.69) is 15.0 Å². The van der Waals surface area contributed by atoms with Crippen LogP contribution in [0.3, 0.4) is 0 Å². The Morgan fingerprint density at radius 2 is 2.26 bits per heavy atom. The predicted molar refractivity (Wildman–Crippen MR) is 69.5 cm³/mol. The second-order valence-corrected chi connectivity index (χ2v) is 5.38. The SMILES string of the molecule is Nc1nc(Cl)c2c(ncn2C[C@@]2(CO)C[C@H]2CO)n1. The van der Waals surface area contributed by atoms with Gasteiger partial charge in [-0.2, -0.15) is 9.97 Å². The Morgan fingerprint density at radius 1 is 1.47 bits per heavy atom. The molecule has 1 saturated carbocycles. The topological polar surface area (TPSA) is 110 Å². The number of hydrogen-bond acceptors (Lipinski definition) is 6. The van der Waals surface area contributed by atoms with Gasteiger partial charge in [-0.1, -0.05) is 11.6 Å². The van der Waals surface area contributed by atoms with E-state index in [0.717, 1.165) is 6.42 Å². The van der Waals surface area contributed by atoms with Gasteiger partial charge in [-0.05, 0) is 12.3 Å². The van der Waals surface area contributed by atoms with Gasteiger partial charge >= 0.3 is 0 Å². The smallest absolute Gasteiger partial charge is 0.223 e. The highest BCUT2D eigenvalue weighted by Crippen LogP contribution is 2.53. The van der Waals surface area contributed by atoms with Crippen molar-refractivity contribution < 1.29 is 10.2 Å². The second kappa shape index (κ2) is 4.29. The highest BCUT2D eigenvalue weighted by molar-refractivity contribution is 6.33. The van der Waals surface area contributed by atoms with Crippen molar-refractivity contribution in [2.24, 2.45) is 11.3 Å². The fourth-order valence-electron chi connectivity index (χ4n) is 2.54. The van der Waals surface area contributed by atoms with Gasteiger partial charge in [-0.3, -0.25) is 0 Å². The molecule has 1 fully saturated rings. The minimum Gasteiger partial charge on any atom is -0.396 e. The van der Waals surface area contributed by atoms with Crippen molar-refractivity contribution in [3.8, 4) is 0 Å².